The van der Waals surface area contributed by atoms with Crippen molar-refractivity contribution in [3.63, 3.8) is 0 Å². The zero-order valence-corrected chi connectivity index (χ0v) is 6.08. The highest BCUT2D eigenvalue weighted by Gasteiger charge is 2.09. The van der Waals surface area contributed by atoms with Gasteiger partial charge in [-0.15, -0.1) is 6.58 Å². The maximum atomic E-state index is 10.4. The molecule has 0 saturated carbocycles. The summed E-state index contributed by atoms with van der Waals surface area (Å²) in [5.41, 5.74) is 0. The fraction of sp³-hybridized carbons (Fsp3) is 0.429. The number of carboxylic acids is 1. The molecule has 0 fully saturated rings. The maximum absolute atomic E-state index is 10.4. The van der Waals surface area contributed by atoms with Gasteiger partial charge in [0, 0.05) is 6.42 Å². The summed E-state index contributed by atoms with van der Waals surface area (Å²) in [6.07, 6.45) is 1.45. The van der Waals surface area contributed by atoms with Gasteiger partial charge in [0.25, 0.3) is 0 Å². The molecule has 62 valence electrons. The summed E-state index contributed by atoms with van der Waals surface area (Å²) in [5, 5.41) is 8.11. The van der Waals surface area contributed by atoms with Gasteiger partial charge in [0.1, 0.15) is 0 Å². The second kappa shape index (κ2) is 5.61. The molecule has 0 unspecified atom stereocenters. The predicted octanol–water partition coefficient (Wildman–Crippen LogP) is 0.233. The Morgan fingerprint density at radius 2 is 2.18 bits per heavy atom. The summed E-state index contributed by atoms with van der Waals surface area (Å²) in [6.45, 7) is 3.86. The minimum absolute atomic E-state index is 0.0802. The molecule has 0 aliphatic heterocycles. The van der Waals surface area contributed by atoms with E-state index >= 15 is 0 Å². The molecule has 0 spiro atoms. The second-order valence-electron chi connectivity index (χ2n) is 1.84. The topological polar surface area (TPSA) is 63.6 Å². The van der Waals surface area contributed by atoms with Crippen molar-refractivity contribution in [2.75, 3.05) is 13.2 Å². The van der Waals surface area contributed by atoms with Gasteiger partial charge in [-0.05, 0) is 0 Å². The van der Waals surface area contributed by atoms with Crippen LogP contribution in [0.15, 0.2) is 12.7 Å². The molecule has 0 heterocycles. The smallest absolute Gasteiger partial charge is 0.372 e. The number of hydrogen-bond donors (Lipinski definition) is 1. The third-order valence-electron chi connectivity index (χ3n) is 0.948. The number of Topliss-reactive ketones (excluding diaryl/α,β-unsaturated/α-hetero) is 1. The number of carboxylic acid groups (broad SMARTS) is 1. The van der Waals surface area contributed by atoms with Crippen LogP contribution in [0.3, 0.4) is 0 Å². The zero-order valence-electron chi connectivity index (χ0n) is 6.08. The molecule has 4 nitrogen and oxygen atoms in total. The number of ketones is 1. The van der Waals surface area contributed by atoms with Crippen molar-refractivity contribution in [3.8, 4) is 0 Å². The molecule has 0 radical (unpaired) electrons. The van der Waals surface area contributed by atoms with Gasteiger partial charge in [0.05, 0.1) is 13.2 Å². The average molecular weight is 158 g/mol. The van der Waals surface area contributed by atoms with Crippen LogP contribution in [-0.4, -0.2) is 30.1 Å². The molecular weight excluding hydrogens is 148 g/mol. The number of rotatable bonds is 6. The van der Waals surface area contributed by atoms with E-state index in [0.29, 0.717) is 6.61 Å². The van der Waals surface area contributed by atoms with E-state index in [1.54, 1.807) is 0 Å². The highest BCUT2D eigenvalue weighted by molar-refractivity contribution is 6.32. The predicted molar refractivity (Wildman–Crippen MR) is 38.3 cm³/mol. The summed E-state index contributed by atoms with van der Waals surface area (Å²) in [4.78, 5) is 20.3. The first-order valence-corrected chi connectivity index (χ1v) is 3.13. The first kappa shape index (κ1) is 9.84. The lowest BCUT2D eigenvalue weighted by Crippen LogP contribution is -2.14. The Morgan fingerprint density at radius 3 is 2.64 bits per heavy atom. The van der Waals surface area contributed by atoms with Crippen LogP contribution in [0, 0.1) is 0 Å². The summed E-state index contributed by atoms with van der Waals surface area (Å²) in [7, 11) is 0. The quantitative estimate of drug-likeness (QED) is 0.341. The third-order valence-corrected chi connectivity index (χ3v) is 0.948. The molecule has 4 heteroatoms. The lowest BCUT2D eigenvalue weighted by molar-refractivity contribution is -0.149. The second-order valence-corrected chi connectivity index (χ2v) is 1.84. The summed E-state index contributed by atoms with van der Waals surface area (Å²) in [6, 6.07) is 0. The standard InChI is InChI=1S/C7H10O4/c1-2-4-11-5-3-6(8)7(9)10/h2H,1,3-5H2,(H,9,10). The van der Waals surface area contributed by atoms with Gasteiger partial charge >= 0.3 is 5.97 Å². The molecule has 0 aliphatic rings. The van der Waals surface area contributed by atoms with Crippen LogP contribution in [-0.2, 0) is 14.3 Å². The van der Waals surface area contributed by atoms with Crippen LogP contribution in [0.5, 0.6) is 0 Å². The average Bonchev–Trinajstić information content (AvgIpc) is 1.97. The molecule has 0 aromatic heterocycles. The summed E-state index contributed by atoms with van der Waals surface area (Å²) < 4.78 is 4.80. The Balaban J connectivity index is 3.31. The third kappa shape index (κ3) is 5.29. The van der Waals surface area contributed by atoms with Crippen molar-refractivity contribution in [1.29, 1.82) is 0 Å². The molecule has 0 bridgehead atoms. The molecule has 0 aromatic carbocycles. The molecule has 0 aliphatic carbocycles. The van der Waals surface area contributed by atoms with E-state index in [2.05, 4.69) is 6.58 Å². The molecule has 0 rings (SSSR count). The lowest BCUT2D eigenvalue weighted by Gasteiger charge is -1.96. The van der Waals surface area contributed by atoms with Crippen LogP contribution >= 0.6 is 0 Å². The Morgan fingerprint density at radius 1 is 1.55 bits per heavy atom. The van der Waals surface area contributed by atoms with Crippen molar-refractivity contribution in [3.05, 3.63) is 12.7 Å². The number of carbonyl (C=O) groups is 2. The normalized spacial score (nSPS) is 9.09. The number of carbonyl (C=O) groups excluding carboxylic acids is 1. The Hall–Kier alpha value is -1.16. The van der Waals surface area contributed by atoms with Crippen molar-refractivity contribution in [1.82, 2.24) is 0 Å². The highest BCUT2D eigenvalue weighted by Crippen LogP contribution is 1.85. The van der Waals surface area contributed by atoms with Gasteiger partial charge in [-0.3, -0.25) is 4.79 Å². The fourth-order valence-corrected chi connectivity index (χ4v) is 0.438. The van der Waals surface area contributed by atoms with Gasteiger partial charge in [-0.1, -0.05) is 6.08 Å². The number of aliphatic carboxylic acids is 1. The van der Waals surface area contributed by atoms with Crippen molar-refractivity contribution in [2.24, 2.45) is 0 Å². The number of hydrogen-bond acceptors (Lipinski definition) is 3. The molecule has 0 aromatic rings. The highest BCUT2D eigenvalue weighted by atomic mass is 16.5. The van der Waals surface area contributed by atoms with Crippen LogP contribution in [0.2, 0.25) is 0 Å². The Labute approximate surface area is 64.5 Å². The van der Waals surface area contributed by atoms with Crippen molar-refractivity contribution >= 4 is 11.8 Å². The van der Waals surface area contributed by atoms with Gasteiger partial charge < -0.3 is 9.84 Å². The van der Waals surface area contributed by atoms with E-state index in [1.807, 2.05) is 0 Å². The van der Waals surface area contributed by atoms with Gasteiger partial charge in [0.15, 0.2) is 0 Å². The van der Waals surface area contributed by atoms with Crippen LogP contribution in [0.1, 0.15) is 6.42 Å². The van der Waals surface area contributed by atoms with E-state index in [9.17, 15) is 9.59 Å². The minimum atomic E-state index is -1.41. The lowest BCUT2D eigenvalue weighted by atomic mass is 10.3. The Kier molecular flexibility index (Phi) is 5.02. The monoisotopic (exact) mass is 158 g/mol. The minimum Gasteiger partial charge on any atom is -0.475 e. The van der Waals surface area contributed by atoms with Crippen molar-refractivity contribution < 1.29 is 19.4 Å². The molecule has 0 atom stereocenters. The van der Waals surface area contributed by atoms with Crippen LogP contribution in [0.25, 0.3) is 0 Å². The van der Waals surface area contributed by atoms with E-state index in [-0.39, 0.29) is 13.0 Å². The van der Waals surface area contributed by atoms with Crippen LogP contribution in [0.4, 0.5) is 0 Å². The fourth-order valence-electron chi connectivity index (χ4n) is 0.438. The summed E-state index contributed by atoms with van der Waals surface area (Å²) >= 11 is 0. The van der Waals surface area contributed by atoms with E-state index < -0.39 is 11.8 Å². The van der Waals surface area contributed by atoms with E-state index in [0.717, 1.165) is 0 Å². The zero-order chi connectivity index (χ0) is 8.69. The molecule has 0 amide bonds. The van der Waals surface area contributed by atoms with E-state index in [1.165, 1.54) is 6.08 Å². The first-order valence-electron chi connectivity index (χ1n) is 3.13. The van der Waals surface area contributed by atoms with Gasteiger partial charge in [-0.2, -0.15) is 0 Å². The molecular formula is C7H10O4. The van der Waals surface area contributed by atoms with E-state index in [4.69, 9.17) is 9.84 Å². The summed E-state index contributed by atoms with van der Waals surface area (Å²) in [5.74, 6) is -2.23. The van der Waals surface area contributed by atoms with Crippen LogP contribution < -0.4 is 0 Å². The molecule has 11 heavy (non-hydrogen) atoms. The largest absolute Gasteiger partial charge is 0.475 e. The van der Waals surface area contributed by atoms with Gasteiger partial charge in [0.2, 0.25) is 5.78 Å². The first-order chi connectivity index (χ1) is 5.18. The van der Waals surface area contributed by atoms with Gasteiger partial charge in [-0.25, -0.2) is 4.79 Å². The maximum Gasteiger partial charge on any atom is 0.372 e. The number of ether oxygens (including phenoxy) is 1. The SMILES string of the molecule is C=CCOCCC(=O)C(=O)O. The van der Waals surface area contributed by atoms with Crippen molar-refractivity contribution in [2.45, 2.75) is 6.42 Å². The molecule has 0 saturated heterocycles. The Bertz CT molecular complexity index is 162. The molecule has 1 N–H and O–H groups in total.